The molecule has 1 aliphatic heterocycles. The molecule has 1 aromatic carbocycles. The van der Waals surface area contributed by atoms with Crippen molar-refractivity contribution in [3.05, 3.63) is 42.5 Å². The lowest BCUT2D eigenvalue weighted by molar-refractivity contribution is 0.127. The molecule has 0 unspecified atom stereocenters. The SMILES string of the molecule is COc1cc(NC(=O)N2CC(n3cc(Cn4nccn4)nn3)C2)cc(OC)c1. The maximum Gasteiger partial charge on any atom is 0.321 e. The molecule has 0 radical (unpaired) electrons. The first-order chi connectivity index (χ1) is 13.6. The van der Waals surface area contributed by atoms with Gasteiger partial charge in [0, 0.05) is 37.0 Å². The third-order valence-corrected chi connectivity index (χ3v) is 4.45. The van der Waals surface area contributed by atoms with Crippen molar-refractivity contribution in [1.82, 2.24) is 34.9 Å². The van der Waals surface area contributed by atoms with Crippen molar-refractivity contribution < 1.29 is 14.3 Å². The lowest BCUT2D eigenvalue weighted by Gasteiger charge is -2.38. The van der Waals surface area contributed by atoms with E-state index >= 15 is 0 Å². The second-order valence-corrected chi connectivity index (χ2v) is 6.34. The first-order valence-corrected chi connectivity index (χ1v) is 8.68. The van der Waals surface area contributed by atoms with Gasteiger partial charge in [-0.2, -0.15) is 15.0 Å². The predicted octanol–water partition coefficient (Wildman–Crippen LogP) is 1.02. The van der Waals surface area contributed by atoms with Crippen LogP contribution in [0.1, 0.15) is 11.7 Å². The molecule has 2 amide bonds. The highest BCUT2D eigenvalue weighted by Gasteiger charge is 2.33. The summed E-state index contributed by atoms with van der Waals surface area (Å²) in [6.45, 7) is 1.56. The fourth-order valence-corrected chi connectivity index (χ4v) is 2.90. The van der Waals surface area contributed by atoms with Crippen molar-refractivity contribution in [1.29, 1.82) is 0 Å². The van der Waals surface area contributed by atoms with Crippen LogP contribution in [0.3, 0.4) is 0 Å². The maximum atomic E-state index is 12.5. The topological polar surface area (TPSA) is 112 Å². The summed E-state index contributed by atoms with van der Waals surface area (Å²) < 4.78 is 12.2. The zero-order valence-electron chi connectivity index (χ0n) is 15.5. The number of rotatable bonds is 6. The van der Waals surface area contributed by atoms with E-state index in [4.69, 9.17) is 9.47 Å². The Morgan fingerprint density at radius 2 is 1.82 bits per heavy atom. The van der Waals surface area contributed by atoms with E-state index in [1.165, 1.54) is 4.80 Å². The van der Waals surface area contributed by atoms with Crippen molar-refractivity contribution in [2.24, 2.45) is 0 Å². The number of benzene rings is 1. The molecule has 11 heteroatoms. The average molecular weight is 384 g/mol. The fraction of sp³-hybridized carbons (Fsp3) is 0.353. The summed E-state index contributed by atoms with van der Waals surface area (Å²) in [6, 6.07) is 5.14. The van der Waals surface area contributed by atoms with Crippen LogP contribution in [-0.4, -0.2) is 68.2 Å². The molecule has 4 rings (SSSR count). The van der Waals surface area contributed by atoms with Gasteiger partial charge in [-0.1, -0.05) is 5.21 Å². The third-order valence-electron chi connectivity index (χ3n) is 4.45. The Kier molecular flexibility index (Phi) is 4.79. The van der Waals surface area contributed by atoms with Gasteiger partial charge in [0.05, 0.1) is 38.9 Å². The minimum Gasteiger partial charge on any atom is -0.497 e. The van der Waals surface area contributed by atoms with Gasteiger partial charge in [0.2, 0.25) is 0 Å². The van der Waals surface area contributed by atoms with E-state index in [1.54, 1.807) is 54.4 Å². The Morgan fingerprint density at radius 3 is 2.46 bits per heavy atom. The normalized spacial score (nSPS) is 13.9. The molecule has 2 aromatic heterocycles. The number of aromatic nitrogens is 6. The molecule has 0 atom stereocenters. The zero-order valence-corrected chi connectivity index (χ0v) is 15.5. The number of anilines is 1. The number of hydrogen-bond acceptors (Lipinski definition) is 7. The standard InChI is InChI=1S/C17H20N8O3/c1-27-15-5-12(6-16(7-15)28-2)20-17(26)23-10-14(11-23)24-8-13(21-22-24)9-25-18-3-4-19-25/h3-8,14H,9-11H2,1-2H3,(H,20,26). The Morgan fingerprint density at radius 1 is 1.14 bits per heavy atom. The molecule has 0 aliphatic carbocycles. The van der Waals surface area contributed by atoms with Gasteiger partial charge in [0.15, 0.2) is 0 Å². The lowest BCUT2D eigenvalue weighted by atomic mass is 10.1. The van der Waals surface area contributed by atoms with Gasteiger partial charge in [-0.15, -0.1) is 5.10 Å². The molecule has 11 nitrogen and oxygen atoms in total. The van der Waals surface area contributed by atoms with Gasteiger partial charge in [-0.3, -0.25) is 0 Å². The number of urea groups is 1. The lowest BCUT2D eigenvalue weighted by Crippen LogP contribution is -2.52. The van der Waals surface area contributed by atoms with E-state index < -0.39 is 0 Å². The molecule has 1 saturated heterocycles. The summed E-state index contributed by atoms with van der Waals surface area (Å²) >= 11 is 0. The van der Waals surface area contributed by atoms with Crippen molar-refractivity contribution in [2.75, 3.05) is 32.6 Å². The number of methoxy groups -OCH3 is 2. The first kappa shape index (κ1) is 17.8. The van der Waals surface area contributed by atoms with Gasteiger partial charge >= 0.3 is 6.03 Å². The van der Waals surface area contributed by atoms with Crippen molar-refractivity contribution in [3.8, 4) is 11.5 Å². The third kappa shape index (κ3) is 3.72. The van der Waals surface area contributed by atoms with Crippen molar-refractivity contribution >= 4 is 11.7 Å². The van der Waals surface area contributed by atoms with E-state index in [2.05, 4.69) is 25.8 Å². The predicted molar refractivity (Wildman–Crippen MR) is 98.3 cm³/mol. The number of carbonyl (C=O) groups excluding carboxylic acids is 1. The van der Waals surface area contributed by atoms with E-state index in [1.807, 2.05) is 6.20 Å². The van der Waals surface area contributed by atoms with Gasteiger partial charge in [-0.25, -0.2) is 9.48 Å². The van der Waals surface area contributed by atoms with Gasteiger partial charge < -0.3 is 19.7 Å². The minimum atomic E-state index is -0.187. The monoisotopic (exact) mass is 384 g/mol. The summed E-state index contributed by atoms with van der Waals surface area (Å²) in [6.07, 6.45) is 5.09. The molecule has 0 saturated carbocycles. The molecule has 3 aromatic rings. The van der Waals surface area contributed by atoms with E-state index in [0.29, 0.717) is 36.8 Å². The number of nitrogens with one attached hydrogen (secondary N) is 1. The second-order valence-electron chi connectivity index (χ2n) is 6.34. The fourth-order valence-electron chi connectivity index (χ4n) is 2.90. The van der Waals surface area contributed by atoms with Crippen LogP contribution in [0.25, 0.3) is 0 Å². The molecule has 1 aliphatic rings. The number of amides is 2. The van der Waals surface area contributed by atoms with Gasteiger partial charge in [0.25, 0.3) is 0 Å². The summed E-state index contributed by atoms with van der Waals surface area (Å²) in [5.41, 5.74) is 1.38. The second kappa shape index (κ2) is 7.55. The number of hydrogen-bond donors (Lipinski definition) is 1. The van der Waals surface area contributed by atoms with Crippen molar-refractivity contribution in [2.45, 2.75) is 12.6 Å². The quantitative estimate of drug-likeness (QED) is 0.675. The molecule has 0 spiro atoms. The van der Waals surface area contributed by atoms with Crippen LogP contribution >= 0.6 is 0 Å². The van der Waals surface area contributed by atoms with Crippen LogP contribution < -0.4 is 14.8 Å². The van der Waals surface area contributed by atoms with Crippen molar-refractivity contribution in [3.63, 3.8) is 0 Å². The first-order valence-electron chi connectivity index (χ1n) is 8.68. The zero-order chi connectivity index (χ0) is 19.5. The van der Waals surface area contributed by atoms with Crippen LogP contribution in [0.2, 0.25) is 0 Å². The van der Waals surface area contributed by atoms with Gasteiger partial charge in [0.1, 0.15) is 23.7 Å². The smallest absolute Gasteiger partial charge is 0.321 e. The Bertz CT molecular complexity index is 927. The summed E-state index contributed by atoms with van der Waals surface area (Å²) in [5, 5.41) is 19.2. The number of ether oxygens (including phenoxy) is 2. The molecule has 3 heterocycles. The molecular formula is C17H20N8O3. The average Bonchev–Trinajstić information content (AvgIpc) is 3.33. The summed E-state index contributed by atoms with van der Waals surface area (Å²) in [4.78, 5) is 15.7. The van der Waals surface area contributed by atoms with E-state index in [9.17, 15) is 4.79 Å². The van der Waals surface area contributed by atoms with E-state index in [-0.39, 0.29) is 12.1 Å². The Labute approximate surface area is 160 Å². The molecular weight excluding hydrogens is 364 g/mol. The molecule has 1 fully saturated rings. The molecule has 146 valence electrons. The van der Waals surface area contributed by atoms with Crippen LogP contribution in [0.5, 0.6) is 11.5 Å². The number of likely N-dealkylation sites (tertiary alicyclic amines) is 1. The van der Waals surface area contributed by atoms with E-state index in [0.717, 1.165) is 5.69 Å². The van der Waals surface area contributed by atoms with Crippen LogP contribution in [-0.2, 0) is 6.54 Å². The molecule has 0 bridgehead atoms. The molecule has 28 heavy (non-hydrogen) atoms. The minimum absolute atomic E-state index is 0.0948. The van der Waals surface area contributed by atoms with Crippen LogP contribution in [0, 0.1) is 0 Å². The largest absolute Gasteiger partial charge is 0.497 e. The Hall–Kier alpha value is -3.63. The van der Waals surface area contributed by atoms with Crippen LogP contribution in [0.4, 0.5) is 10.5 Å². The summed E-state index contributed by atoms with van der Waals surface area (Å²) in [5.74, 6) is 1.22. The highest BCUT2D eigenvalue weighted by atomic mass is 16.5. The number of carbonyl (C=O) groups is 1. The maximum absolute atomic E-state index is 12.5. The highest BCUT2D eigenvalue weighted by molar-refractivity contribution is 5.90. The summed E-state index contributed by atoms with van der Waals surface area (Å²) in [7, 11) is 3.13. The molecule has 1 N–H and O–H groups in total. The Balaban J connectivity index is 1.32. The van der Waals surface area contributed by atoms with Gasteiger partial charge in [-0.05, 0) is 0 Å². The highest BCUT2D eigenvalue weighted by Crippen LogP contribution is 2.27. The van der Waals surface area contributed by atoms with Crippen LogP contribution in [0.15, 0.2) is 36.8 Å². The number of nitrogens with zero attached hydrogens (tertiary/aromatic N) is 7.